The van der Waals surface area contributed by atoms with E-state index in [9.17, 15) is 0 Å². The van der Waals surface area contributed by atoms with E-state index in [-0.39, 0.29) is 5.54 Å². The maximum Gasteiger partial charge on any atom is 0.0441 e. The molecule has 0 radical (unpaired) electrons. The predicted octanol–water partition coefficient (Wildman–Crippen LogP) is 4.81. The monoisotopic (exact) mass is 271 g/mol. The molecule has 0 saturated heterocycles. The lowest BCUT2D eigenvalue weighted by Gasteiger charge is -2.47. The first-order valence-corrected chi connectivity index (χ1v) is 8.40. The van der Waals surface area contributed by atoms with E-state index in [1.807, 2.05) is 0 Å². The fourth-order valence-electron chi connectivity index (χ4n) is 4.54. The van der Waals surface area contributed by atoms with Crippen molar-refractivity contribution in [3.63, 3.8) is 0 Å². The Morgan fingerprint density at radius 2 is 1.75 bits per heavy atom. The second-order valence-corrected chi connectivity index (χ2v) is 7.53. The molecule has 2 aliphatic rings. The lowest BCUT2D eigenvalue weighted by Crippen LogP contribution is -2.49. The van der Waals surface area contributed by atoms with Gasteiger partial charge in [0, 0.05) is 5.54 Å². The number of benzene rings is 1. The molecule has 0 heterocycles. The highest BCUT2D eigenvalue weighted by atomic mass is 14.8. The van der Waals surface area contributed by atoms with Gasteiger partial charge in [0.2, 0.25) is 0 Å². The third-order valence-corrected chi connectivity index (χ3v) is 6.31. The number of hydrogen-bond donors (Lipinski definition) is 1. The quantitative estimate of drug-likeness (QED) is 0.779. The van der Waals surface area contributed by atoms with Crippen LogP contribution in [0.2, 0.25) is 0 Å². The summed E-state index contributed by atoms with van der Waals surface area (Å²) < 4.78 is 0. The van der Waals surface area contributed by atoms with Gasteiger partial charge in [0.15, 0.2) is 0 Å². The van der Waals surface area contributed by atoms with Crippen molar-refractivity contribution in [1.82, 2.24) is 0 Å². The Hall–Kier alpha value is -0.820. The third-order valence-electron chi connectivity index (χ3n) is 6.31. The predicted molar refractivity (Wildman–Crippen MR) is 85.6 cm³/mol. The van der Waals surface area contributed by atoms with Crippen LogP contribution in [0.15, 0.2) is 24.3 Å². The zero-order chi connectivity index (χ0) is 14.3. The lowest BCUT2D eigenvalue weighted by atomic mass is 9.61. The van der Waals surface area contributed by atoms with Crippen molar-refractivity contribution in [3.05, 3.63) is 35.4 Å². The molecular formula is C19H29N. The second-order valence-electron chi connectivity index (χ2n) is 7.53. The Morgan fingerprint density at radius 1 is 1.00 bits per heavy atom. The van der Waals surface area contributed by atoms with Crippen molar-refractivity contribution < 1.29 is 0 Å². The zero-order valence-electron chi connectivity index (χ0n) is 13.2. The normalized spacial score (nSPS) is 41.2. The molecule has 1 fully saturated rings. The van der Waals surface area contributed by atoms with Gasteiger partial charge >= 0.3 is 0 Å². The van der Waals surface area contributed by atoms with Crippen molar-refractivity contribution in [1.29, 1.82) is 0 Å². The Bertz CT molecular complexity index is 480. The summed E-state index contributed by atoms with van der Waals surface area (Å²) in [7, 11) is 0. The van der Waals surface area contributed by atoms with E-state index in [0.29, 0.717) is 11.8 Å². The molecule has 5 atom stereocenters. The minimum atomic E-state index is -0.0719. The molecule has 2 aliphatic carbocycles. The Morgan fingerprint density at radius 3 is 2.50 bits per heavy atom. The Labute approximate surface area is 124 Å². The topological polar surface area (TPSA) is 26.0 Å². The van der Waals surface area contributed by atoms with Crippen LogP contribution in [0.4, 0.5) is 0 Å². The van der Waals surface area contributed by atoms with Crippen LogP contribution in [0.3, 0.4) is 0 Å². The van der Waals surface area contributed by atoms with Gasteiger partial charge in [0.1, 0.15) is 0 Å². The summed E-state index contributed by atoms with van der Waals surface area (Å²) in [5.74, 6) is 3.03. The van der Waals surface area contributed by atoms with Gasteiger partial charge in [-0.25, -0.2) is 0 Å². The number of hydrogen-bond acceptors (Lipinski definition) is 1. The molecule has 1 heteroatoms. The average molecular weight is 271 g/mol. The fourth-order valence-corrected chi connectivity index (χ4v) is 4.54. The van der Waals surface area contributed by atoms with Crippen LogP contribution in [-0.4, -0.2) is 0 Å². The molecule has 1 aromatic rings. The van der Waals surface area contributed by atoms with Crippen LogP contribution in [0.5, 0.6) is 0 Å². The second kappa shape index (κ2) is 5.18. The molecule has 20 heavy (non-hydrogen) atoms. The zero-order valence-corrected chi connectivity index (χ0v) is 13.2. The minimum Gasteiger partial charge on any atom is -0.321 e. The number of fused-ring (bicyclic) bond motifs is 1. The maximum atomic E-state index is 7.02. The SMILES string of the molecule is CC1CCC(N)(C2CCC(C)C(C)C2)c2ccccc21. The molecular weight excluding hydrogens is 242 g/mol. The van der Waals surface area contributed by atoms with Crippen LogP contribution < -0.4 is 5.73 Å². The lowest BCUT2D eigenvalue weighted by molar-refractivity contribution is 0.116. The van der Waals surface area contributed by atoms with Crippen molar-refractivity contribution in [2.75, 3.05) is 0 Å². The van der Waals surface area contributed by atoms with E-state index in [4.69, 9.17) is 5.73 Å². The molecule has 1 aromatic carbocycles. The number of rotatable bonds is 1. The smallest absolute Gasteiger partial charge is 0.0441 e. The van der Waals surface area contributed by atoms with Crippen LogP contribution in [-0.2, 0) is 5.54 Å². The molecule has 0 bridgehead atoms. The molecule has 2 N–H and O–H groups in total. The Kier molecular flexibility index (Phi) is 3.66. The van der Waals surface area contributed by atoms with Crippen LogP contribution in [0.25, 0.3) is 0 Å². The molecule has 110 valence electrons. The van der Waals surface area contributed by atoms with Crippen molar-refractivity contribution >= 4 is 0 Å². The van der Waals surface area contributed by atoms with E-state index in [1.165, 1.54) is 36.8 Å². The van der Waals surface area contributed by atoms with Gasteiger partial charge in [-0.15, -0.1) is 0 Å². The first-order valence-electron chi connectivity index (χ1n) is 8.40. The van der Waals surface area contributed by atoms with Crippen LogP contribution in [0, 0.1) is 17.8 Å². The molecule has 0 aliphatic heterocycles. The first kappa shape index (κ1) is 14.1. The summed E-state index contributed by atoms with van der Waals surface area (Å²) in [5.41, 5.74) is 9.90. The van der Waals surface area contributed by atoms with Crippen molar-refractivity contribution in [2.24, 2.45) is 23.5 Å². The van der Waals surface area contributed by atoms with Gasteiger partial charge in [-0.2, -0.15) is 0 Å². The first-order chi connectivity index (χ1) is 9.52. The molecule has 3 rings (SSSR count). The molecule has 0 amide bonds. The van der Waals surface area contributed by atoms with Gasteiger partial charge in [0.25, 0.3) is 0 Å². The summed E-state index contributed by atoms with van der Waals surface area (Å²) in [4.78, 5) is 0. The third kappa shape index (κ3) is 2.20. The van der Waals surface area contributed by atoms with E-state index in [0.717, 1.165) is 18.3 Å². The Balaban J connectivity index is 1.94. The van der Waals surface area contributed by atoms with Gasteiger partial charge in [-0.3, -0.25) is 0 Å². The van der Waals surface area contributed by atoms with Crippen molar-refractivity contribution in [3.8, 4) is 0 Å². The van der Waals surface area contributed by atoms with Crippen molar-refractivity contribution in [2.45, 2.75) is 64.3 Å². The van der Waals surface area contributed by atoms with Gasteiger partial charge in [-0.1, -0.05) is 51.5 Å². The van der Waals surface area contributed by atoms with E-state index in [1.54, 1.807) is 0 Å². The van der Waals surface area contributed by atoms with Crippen LogP contribution >= 0.6 is 0 Å². The largest absolute Gasteiger partial charge is 0.321 e. The summed E-state index contributed by atoms with van der Waals surface area (Å²) in [6, 6.07) is 8.95. The minimum absolute atomic E-state index is 0.0719. The van der Waals surface area contributed by atoms with E-state index >= 15 is 0 Å². The fraction of sp³-hybridized carbons (Fsp3) is 0.684. The van der Waals surface area contributed by atoms with E-state index < -0.39 is 0 Å². The number of nitrogens with two attached hydrogens (primary N) is 1. The highest BCUT2D eigenvalue weighted by Crippen LogP contribution is 2.49. The highest BCUT2D eigenvalue weighted by molar-refractivity contribution is 5.39. The van der Waals surface area contributed by atoms with Crippen LogP contribution in [0.1, 0.15) is 69.9 Å². The highest BCUT2D eigenvalue weighted by Gasteiger charge is 2.43. The van der Waals surface area contributed by atoms with Gasteiger partial charge < -0.3 is 5.73 Å². The average Bonchev–Trinajstić information content (AvgIpc) is 2.46. The van der Waals surface area contributed by atoms with E-state index in [2.05, 4.69) is 45.0 Å². The summed E-state index contributed by atoms with van der Waals surface area (Å²) in [6.45, 7) is 7.17. The van der Waals surface area contributed by atoms with Gasteiger partial charge in [0.05, 0.1) is 0 Å². The maximum absolute atomic E-state index is 7.02. The van der Waals surface area contributed by atoms with Gasteiger partial charge in [-0.05, 0) is 60.5 Å². The summed E-state index contributed by atoms with van der Waals surface area (Å²) >= 11 is 0. The summed E-state index contributed by atoms with van der Waals surface area (Å²) in [6.07, 6.45) is 6.37. The molecule has 0 spiro atoms. The molecule has 5 unspecified atom stereocenters. The summed E-state index contributed by atoms with van der Waals surface area (Å²) in [5, 5.41) is 0. The molecule has 0 aromatic heterocycles. The standard InChI is InChI=1S/C19H29N/c1-13-8-9-16(12-15(13)3)19(20)11-10-14(2)17-6-4-5-7-18(17)19/h4-7,13-16H,8-12,20H2,1-3H3. The molecule has 1 nitrogen and oxygen atoms in total. The molecule has 1 saturated carbocycles.